The Morgan fingerprint density at radius 1 is 0.958 bits per heavy atom. The zero-order chi connectivity index (χ0) is 18.4. The molecule has 0 saturated carbocycles. The van der Waals surface area contributed by atoms with Crippen LogP contribution in [-0.4, -0.2) is 43.5 Å². The summed E-state index contributed by atoms with van der Waals surface area (Å²) in [6, 6.07) is 0. The number of hydrogen-bond acceptors (Lipinski definition) is 6. The van der Waals surface area contributed by atoms with Gasteiger partial charge in [-0.15, -0.1) is 0 Å². The van der Waals surface area contributed by atoms with Crippen molar-refractivity contribution >= 4 is 19.1 Å². The van der Waals surface area contributed by atoms with Crippen molar-refractivity contribution in [3.05, 3.63) is 12.2 Å². The van der Waals surface area contributed by atoms with Crippen LogP contribution >= 0.6 is 0 Å². The van der Waals surface area contributed by atoms with Crippen LogP contribution in [0.15, 0.2) is 12.2 Å². The molecular formula is C17H29BO6. The number of allylic oxidation sites excluding steroid dienone is 2. The minimum atomic E-state index is -0.931. The molecule has 1 rings (SSSR count). The summed E-state index contributed by atoms with van der Waals surface area (Å²) in [6.45, 7) is 11.8. The second kappa shape index (κ2) is 8.67. The number of carbonyl (C=O) groups is 2. The van der Waals surface area contributed by atoms with Crippen LogP contribution in [0, 0.1) is 5.92 Å². The highest BCUT2D eigenvalue weighted by atomic mass is 16.7. The van der Waals surface area contributed by atoms with Crippen molar-refractivity contribution in [1.82, 2.24) is 0 Å². The molecule has 0 aromatic rings. The van der Waals surface area contributed by atoms with Gasteiger partial charge in [0.25, 0.3) is 0 Å². The van der Waals surface area contributed by atoms with Gasteiger partial charge < -0.3 is 18.8 Å². The second-order valence-electron chi connectivity index (χ2n) is 6.69. The van der Waals surface area contributed by atoms with Crippen molar-refractivity contribution in [1.29, 1.82) is 0 Å². The molecule has 0 aromatic heterocycles. The largest absolute Gasteiger partial charge is 0.465 e. The van der Waals surface area contributed by atoms with Crippen LogP contribution in [0.25, 0.3) is 0 Å². The minimum absolute atomic E-state index is 0.229. The Morgan fingerprint density at radius 2 is 1.42 bits per heavy atom. The van der Waals surface area contributed by atoms with Gasteiger partial charge in [-0.2, -0.15) is 0 Å². The minimum Gasteiger partial charge on any atom is -0.465 e. The quantitative estimate of drug-likeness (QED) is 0.293. The maximum absolute atomic E-state index is 11.9. The molecule has 0 unspecified atom stereocenters. The summed E-state index contributed by atoms with van der Waals surface area (Å²) in [7, 11) is -0.338. The van der Waals surface area contributed by atoms with Gasteiger partial charge in [0.2, 0.25) is 0 Å². The molecule has 0 spiro atoms. The van der Waals surface area contributed by atoms with E-state index in [-0.39, 0.29) is 38.0 Å². The lowest BCUT2D eigenvalue weighted by Gasteiger charge is -2.32. The van der Waals surface area contributed by atoms with E-state index in [2.05, 4.69) is 0 Å². The van der Waals surface area contributed by atoms with E-state index in [0.29, 0.717) is 6.32 Å². The van der Waals surface area contributed by atoms with Crippen molar-refractivity contribution in [3.63, 3.8) is 0 Å². The summed E-state index contributed by atoms with van der Waals surface area (Å²) in [5, 5.41) is 0. The van der Waals surface area contributed by atoms with E-state index >= 15 is 0 Å². The smallest absolute Gasteiger partial charge is 0.461 e. The van der Waals surface area contributed by atoms with Crippen LogP contribution in [0.5, 0.6) is 0 Å². The topological polar surface area (TPSA) is 71.1 Å². The third-order valence-corrected chi connectivity index (χ3v) is 4.31. The molecule has 6 nitrogen and oxygen atoms in total. The Labute approximate surface area is 145 Å². The molecule has 7 heteroatoms. The van der Waals surface area contributed by atoms with Gasteiger partial charge in [-0.1, -0.05) is 12.2 Å². The Morgan fingerprint density at radius 3 is 1.83 bits per heavy atom. The highest BCUT2D eigenvalue weighted by molar-refractivity contribution is 6.46. The van der Waals surface area contributed by atoms with E-state index in [1.807, 2.05) is 33.8 Å². The molecule has 1 fully saturated rings. The molecule has 24 heavy (non-hydrogen) atoms. The first-order valence-corrected chi connectivity index (χ1v) is 8.48. The standard InChI is InChI=1S/C17H29BO6/c1-7-21-14(19)13(15(20)22-8-2)11-9-10-12-18-23-16(3,4)17(5,6)24-18/h9-10,13H,7-8,11-12H2,1-6H3. The number of esters is 2. The van der Waals surface area contributed by atoms with E-state index < -0.39 is 17.9 Å². The van der Waals surface area contributed by atoms with Gasteiger partial charge in [0.05, 0.1) is 24.4 Å². The van der Waals surface area contributed by atoms with Gasteiger partial charge in [-0.25, -0.2) is 0 Å². The summed E-state index contributed by atoms with van der Waals surface area (Å²) in [5.41, 5.74) is -0.742. The Hall–Kier alpha value is -1.34. The molecule has 0 N–H and O–H groups in total. The van der Waals surface area contributed by atoms with Crippen LogP contribution in [0.3, 0.4) is 0 Å². The van der Waals surface area contributed by atoms with Gasteiger partial charge in [0.1, 0.15) is 0 Å². The maximum Gasteiger partial charge on any atom is 0.461 e. The van der Waals surface area contributed by atoms with Crippen LogP contribution in [-0.2, 0) is 28.4 Å². The summed E-state index contributed by atoms with van der Waals surface area (Å²) >= 11 is 0. The first-order valence-electron chi connectivity index (χ1n) is 8.48. The average molecular weight is 340 g/mol. The van der Waals surface area contributed by atoms with Gasteiger partial charge in [-0.3, -0.25) is 9.59 Å². The molecule has 1 heterocycles. The van der Waals surface area contributed by atoms with Crippen LogP contribution in [0.2, 0.25) is 6.32 Å². The molecular weight excluding hydrogens is 311 g/mol. The first-order chi connectivity index (χ1) is 11.1. The second-order valence-corrected chi connectivity index (χ2v) is 6.69. The SMILES string of the molecule is CCOC(=O)C(CC=CCB1OC(C)(C)C(C)(C)O1)C(=O)OCC. The van der Waals surface area contributed by atoms with Gasteiger partial charge in [0, 0.05) is 6.32 Å². The molecule has 0 amide bonds. The number of ether oxygens (including phenoxy) is 2. The van der Waals surface area contributed by atoms with E-state index in [4.69, 9.17) is 18.8 Å². The van der Waals surface area contributed by atoms with Crippen molar-refractivity contribution in [2.75, 3.05) is 13.2 Å². The summed E-state index contributed by atoms with van der Waals surface area (Å²) in [4.78, 5) is 23.7. The van der Waals surface area contributed by atoms with Gasteiger partial charge >= 0.3 is 19.1 Å². The highest BCUT2D eigenvalue weighted by Crippen LogP contribution is 2.37. The normalized spacial score (nSPS) is 19.0. The fraction of sp³-hybridized carbons (Fsp3) is 0.765. The zero-order valence-electron chi connectivity index (χ0n) is 15.6. The Bertz CT molecular complexity index is 438. The Kier molecular flexibility index (Phi) is 7.48. The summed E-state index contributed by atoms with van der Waals surface area (Å²) in [5.74, 6) is -2.05. The third-order valence-electron chi connectivity index (χ3n) is 4.31. The lowest BCUT2D eigenvalue weighted by atomic mass is 9.84. The van der Waals surface area contributed by atoms with Gasteiger partial charge in [-0.05, 0) is 48.0 Å². The van der Waals surface area contributed by atoms with Crippen molar-refractivity contribution in [2.45, 2.75) is 65.5 Å². The first kappa shape index (κ1) is 20.7. The molecule has 0 aliphatic carbocycles. The lowest BCUT2D eigenvalue weighted by molar-refractivity contribution is -0.161. The summed E-state index contributed by atoms with van der Waals surface area (Å²) < 4.78 is 21.6. The number of carbonyl (C=O) groups excluding carboxylic acids is 2. The predicted octanol–water partition coefficient (Wildman–Crippen LogP) is 2.77. The van der Waals surface area contributed by atoms with Gasteiger partial charge in [0.15, 0.2) is 5.92 Å². The maximum atomic E-state index is 11.9. The van der Waals surface area contributed by atoms with Crippen LogP contribution in [0.4, 0.5) is 0 Å². The van der Waals surface area contributed by atoms with E-state index in [1.54, 1.807) is 19.9 Å². The van der Waals surface area contributed by atoms with Crippen molar-refractivity contribution in [3.8, 4) is 0 Å². The van der Waals surface area contributed by atoms with Crippen LogP contribution in [0.1, 0.15) is 48.0 Å². The van der Waals surface area contributed by atoms with Crippen molar-refractivity contribution < 1.29 is 28.4 Å². The Balaban J connectivity index is 2.56. The number of rotatable bonds is 8. The van der Waals surface area contributed by atoms with E-state index in [9.17, 15) is 9.59 Å². The monoisotopic (exact) mass is 340 g/mol. The molecule has 1 aliphatic heterocycles. The van der Waals surface area contributed by atoms with Crippen molar-refractivity contribution in [2.24, 2.45) is 5.92 Å². The molecule has 0 aromatic carbocycles. The lowest BCUT2D eigenvalue weighted by Crippen LogP contribution is -2.41. The fourth-order valence-electron chi connectivity index (χ4n) is 2.28. The zero-order valence-corrected chi connectivity index (χ0v) is 15.6. The molecule has 1 saturated heterocycles. The molecule has 0 bridgehead atoms. The van der Waals surface area contributed by atoms with Crippen LogP contribution < -0.4 is 0 Å². The third kappa shape index (κ3) is 5.35. The number of hydrogen-bond donors (Lipinski definition) is 0. The molecule has 1 aliphatic rings. The summed E-state index contributed by atoms with van der Waals surface area (Å²) in [6.07, 6.45) is 4.40. The fourth-order valence-corrected chi connectivity index (χ4v) is 2.28. The molecule has 0 atom stereocenters. The van der Waals surface area contributed by atoms with E-state index in [1.165, 1.54) is 0 Å². The van der Waals surface area contributed by atoms with E-state index in [0.717, 1.165) is 0 Å². The predicted molar refractivity (Wildman–Crippen MR) is 91.4 cm³/mol. The molecule has 0 radical (unpaired) electrons. The average Bonchev–Trinajstić information content (AvgIpc) is 2.66. The molecule has 136 valence electrons. The highest BCUT2D eigenvalue weighted by Gasteiger charge is 2.50.